The Morgan fingerprint density at radius 3 is 2.54 bits per heavy atom. The van der Waals surface area contributed by atoms with Gasteiger partial charge in [-0.1, -0.05) is 13.8 Å². The molecule has 0 aromatic rings. The Hall–Kier alpha value is -0.610. The van der Waals surface area contributed by atoms with E-state index in [2.05, 4.69) is 19.2 Å². The van der Waals surface area contributed by atoms with E-state index < -0.39 is 12.2 Å². The van der Waals surface area contributed by atoms with E-state index in [9.17, 15) is 4.79 Å². The average molecular weight is 187 g/mol. The van der Waals surface area contributed by atoms with Crippen LogP contribution < -0.4 is 5.32 Å². The number of rotatable bonds is 3. The SMILES string of the molecule is CCC1(CC)CNC(C(=O)O)OC1. The maximum absolute atomic E-state index is 10.6. The van der Waals surface area contributed by atoms with Crippen molar-refractivity contribution in [1.29, 1.82) is 0 Å². The lowest BCUT2D eigenvalue weighted by Gasteiger charge is -2.38. The molecule has 1 saturated heterocycles. The van der Waals surface area contributed by atoms with E-state index in [4.69, 9.17) is 9.84 Å². The Morgan fingerprint density at radius 1 is 1.62 bits per heavy atom. The smallest absolute Gasteiger partial charge is 0.348 e. The highest BCUT2D eigenvalue weighted by Crippen LogP contribution is 2.28. The van der Waals surface area contributed by atoms with Crippen LogP contribution in [-0.2, 0) is 9.53 Å². The van der Waals surface area contributed by atoms with Crippen molar-refractivity contribution in [3.8, 4) is 0 Å². The van der Waals surface area contributed by atoms with E-state index in [0.29, 0.717) is 6.61 Å². The van der Waals surface area contributed by atoms with Gasteiger partial charge in [-0.2, -0.15) is 0 Å². The summed E-state index contributed by atoms with van der Waals surface area (Å²) in [4.78, 5) is 10.6. The number of ether oxygens (including phenoxy) is 1. The number of nitrogens with one attached hydrogen (secondary N) is 1. The highest BCUT2D eigenvalue weighted by Gasteiger charge is 2.35. The summed E-state index contributed by atoms with van der Waals surface area (Å²) in [5.41, 5.74) is 0.131. The fourth-order valence-electron chi connectivity index (χ4n) is 1.54. The maximum atomic E-state index is 10.6. The fraction of sp³-hybridized carbons (Fsp3) is 0.889. The van der Waals surface area contributed by atoms with Crippen molar-refractivity contribution in [3.05, 3.63) is 0 Å². The molecule has 0 radical (unpaired) electrons. The molecule has 0 aromatic heterocycles. The number of aliphatic carboxylic acids is 1. The topological polar surface area (TPSA) is 58.6 Å². The third kappa shape index (κ3) is 2.19. The van der Waals surface area contributed by atoms with Gasteiger partial charge in [-0.05, 0) is 12.8 Å². The van der Waals surface area contributed by atoms with E-state index in [0.717, 1.165) is 19.4 Å². The first-order valence-corrected chi connectivity index (χ1v) is 4.71. The predicted octanol–water partition coefficient (Wildman–Crippen LogP) is 0.823. The second-order valence-corrected chi connectivity index (χ2v) is 3.62. The standard InChI is InChI=1S/C9H17NO3/c1-3-9(4-2)5-10-7(8(11)12)13-6-9/h7,10H,3-6H2,1-2H3,(H,11,12). The summed E-state index contributed by atoms with van der Waals surface area (Å²) in [5.74, 6) is -0.930. The van der Waals surface area contributed by atoms with Crippen LogP contribution in [0.2, 0.25) is 0 Å². The van der Waals surface area contributed by atoms with Gasteiger partial charge < -0.3 is 9.84 Å². The van der Waals surface area contributed by atoms with Gasteiger partial charge in [-0.3, -0.25) is 5.32 Å². The Kier molecular flexibility index (Phi) is 3.27. The molecule has 1 aliphatic rings. The molecule has 0 amide bonds. The summed E-state index contributed by atoms with van der Waals surface area (Å²) < 4.78 is 5.23. The van der Waals surface area contributed by atoms with Crippen molar-refractivity contribution in [2.24, 2.45) is 5.41 Å². The highest BCUT2D eigenvalue weighted by molar-refractivity contribution is 5.71. The molecule has 0 spiro atoms. The molecule has 0 bridgehead atoms. The molecule has 1 fully saturated rings. The third-order valence-corrected chi connectivity index (χ3v) is 2.94. The first-order valence-electron chi connectivity index (χ1n) is 4.71. The Labute approximate surface area is 78.3 Å². The zero-order valence-electron chi connectivity index (χ0n) is 8.17. The van der Waals surface area contributed by atoms with Crippen LogP contribution in [-0.4, -0.2) is 30.5 Å². The van der Waals surface area contributed by atoms with E-state index in [1.54, 1.807) is 0 Å². The Balaban J connectivity index is 2.50. The quantitative estimate of drug-likeness (QED) is 0.687. The van der Waals surface area contributed by atoms with Gasteiger partial charge in [-0.15, -0.1) is 0 Å². The molecule has 0 saturated carbocycles. The summed E-state index contributed by atoms with van der Waals surface area (Å²) >= 11 is 0. The molecule has 1 heterocycles. The predicted molar refractivity (Wildman–Crippen MR) is 48.4 cm³/mol. The number of carbonyl (C=O) groups is 1. The van der Waals surface area contributed by atoms with Crippen molar-refractivity contribution < 1.29 is 14.6 Å². The van der Waals surface area contributed by atoms with Crippen LogP contribution in [0.25, 0.3) is 0 Å². The molecule has 1 unspecified atom stereocenters. The van der Waals surface area contributed by atoms with E-state index in [-0.39, 0.29) is 5.41 Å². The van der Waals surface area contributed by atoms with Crippen molar-refractivity contribution in [2.75, 3.05) is 13.2 Å². The van der Waals surface area contributed by atoms with Crippen LogP contribution in [0, 0.1) is 5.41 Å². The molecule has 1 aliphatic heterocycles. The Morgan fingerprint density at radius 2 is 2.23 bits per heavy atom. The molecule has 13 heavy (non-hydrogen) atoms. The molecule has 4 heteroatoms. The molecule has 2 N–H and O–H groups in total. The highest BCUT2D eigenvalue weighted by atomic mass is 16.5. The zero-order chi connectivity index (χ0) is 9.90. The monoisotopic (exact) mass is 187 g/mol. The molecule has 1 atom stereocenters. The lowest BCUT2D eigenvalue weighted by atomic mass is 9.82. The number of carboxylic acid groups (broad SMARTS) is 1. The van der Waals surface area contributed by atoms with Gasteiger partial charge in [0.1, 0.15) is 0 Å². The molecule has 1 rings (SSSR count). The lowest BCUT2D eigenvalue weighted by molar-refractivity contribution is -0.162. The van der Waals surface area contributed by atoms with Gasteiger partial charge in [0.05, 0.1) is 6.61 Å². The summed E-state index contributed by atoms with van der Waals surface area (Å²) in [5, 5.41) is 11.6. The molecule has 76 valence electrons. The van der Waals surface area contributed by atoms with Crippen molar-refractivity contribution >= 4 is 5.97 Å². The van der Waals surface area contributed by atoms with Crippen LogP contribution in [0.1, 0.15) is 26.7 Å². The van der Waals surface area contributed by atoms with Crippen LogP contribution in [0.4, 0.5) is 0 Å². The zero-order valence-corrected chi connectivity index (χ0v) is 8.17. The van der Waals surface area contributed by atoms with Crippen molar-refractivity contribution in [1.82, 2.24) is 5.32 Å². The van der Waals surface area contributed by atoms with Crippen molar-refractivity contribution in [3.63, 3.8) is 0 Å². The summed E-state index contributed by atoms with van der Waals surface area (Å²) in [6.45, 7) is 5.49. The minimum atomic E-state index is -0.930. The lowest BCUT2D eigenvalue weighted by Crippen LogP contribution is -2.53. The first kappa shape index (κ1) is 10.5. The maximum Gasteiger partial charge on any atom is 0.348 e. The number of hydrogen-bond donors (Lipinski definition) is 2. The minimum Gasteiger partial charge on any atom is -0.478 e. The fourth-order valence-corrected chi connectivity index (χ4v) is 1.54. The normalized spacial score (nSPS) is 27.1. The van der Waals surface area contributed by atoms with Gasteiger partial charge in [0.15, 0.2) is 0 Å². The largest absolute Gasteiger partial charge is 0.478 e. The van der Waals surface area contributed by atoms with E-state index >= 15 is 0 Å². The second kappa shape index (κ2) is 4.07. The van der Waals surface area contributed by atoms with Crippen LogP contribution >= 0.6 is 0 Å². The second-order valence-electron chi connectivity index (χ2n) is 3.62. The summed E-state index contributed by atoms with van der Waals surface area (Å²) in [6, 6.07) is 0. The van der Waals surface area contributed by atoms with Gasteiger partial charge in [-0.25, -0.2) is 4.79 Å². The molecular weight excluding hydrogens is 170 g/mol. The van der Waals surface area contributed by atoms with E-state index in [1.807, 2.05) is 0 Å². The summed E-state index contributed by atoms with van der Waals surface area (Å²) in [7, 11) is 0. The molecule has 0 aliphatic carbocycles. The first-order chi connectivity index (χ1) is 6.13. The number of carboxylic acids is 1. The summed E-state index contributed by atoms with van der Waals surface area (Å²) in [6.07, 6.45) is 1.22. The number of hydrogen-bond acceptors (Lipinski definition) is 3. The third-order valence-electron chi connectivity index (χ3n) is 2.94. The average Bonchev–Trinajstić information content (AvgIpc) is 2.18. The van der Waals surface area contributed by atoms with Crippen molar-refractivity contribution in [2.45, 2.75) is 32.9 Å². The van der Waals surface area contributed by atoms with Gasteiger partial charge in [0, 0.05) is 12.0 Å². The minimum absolute atomic E-state index is 0.131. The van der Waals surface area contributed by atoms with Gasteiger partial charge in [0.25, 0.3) is 0 Å². The molecular formula is C9H17NO3. The van der Waals surface area contributed by atoms with E-state index in [1.165, 1.54) is 0 Å². The van der Waals surface area contributed by atoms with Gasteiger partial charge >= 0.3 is 5.97 Å². The van der Waals surface area contributed by atoms with Gasteiger partial charge in [0.2, 0.25) is 6.23 Å². The van der Waals surface area contributed by atoms with Crippen LogP contribution in [0.3, 0.4) is 0 Å². The Bertz CT molecular complexity index is 179. The molecule has 0 aromatic carbocycles. The van der Waals surface area contributed by atoms with Crippen LogP contribution in [0.5, 0.6) is 0 Å². The van der Waals surface area contributed by atoms with Crippen LogP contribution in [0.15, 0.2) is 0 Å². The molecule has 4 nitrogen and oxygen atoms in total.